The maximum Gasteiger partial charge on any atom is 0.269 e. The van der Waals surface area contributed by atoms with Gasteiger partial charge in [-0.3, -0.25) is 14.9 Å². The van der Waals surface area contributed by atoms with Crippen LogP contribution in [0.25, 0.3) is 0 Å². The van der Waals surface area contributed by atoms with Crippen LogP contribution in [0.3, 0.4) is 0 Å². The maximum absolute atomic E-state index is 12.7. The second-order valence-electron chi connectivity index (χ2n) is 21.2. The predicted octanol–water partition coefficient (Wildman–Crippen LogP) is 13.8. The number of ketones is 1. The van der Waals surface area contributed by atoms with Crippen molar-refractivity contribution in [2.45, 2.75) is 98.0 Å². The Morgan fingerprint density at radius 1 is 0.505 bits per heavy atom. The Labute approximate surface area is 555 Å². The van der Waals surface area contributed by atoms with Crippen LogP contribution < -0.4 is 37.6 Å². The molecule has 0 saturated heterocycles. The lowest BCUT2D eigenvalue weighted by atomic mass is 10.1. The molecule has 0 amide bonds. The van der Waals surface area contributed by atoms with E-state index < -0.39 is 50.2 Å². The smallest absolute Gasteiger partial charge is 0.269 e. The normalized spacial score (nSPS) is 11.4. The van der Waals surface area contributed by atoms with Gasteiger partial charge in [-0.15, -0.1) is 0 Å². The van der Waals surface area contributed by atoms with Gasteiger partial charge in [-0.2, -0.15) is 15.0 Å². The average Bonchev–Trinajstić information content (AvgIpc) is 1.02. The number of para-hydroxylation sites is 3. The third-order valence-corrected chi connectivity index (χ3v) is 20.9. The number of non-ortho nitro benzene ring substituents is 1. The van der Waals surface area contributed by atoms with Gasteiger partial charge >= 0.3 is 0 Å². The molecule has 0 saturated carbocycles. The summed E-state index contributed by atoms with van der Waals surface area (Å²) in [5.41, 5.74) is 11.1. The quantitative estimate of drug-likeness (QED) is 0.0121. The zero-order chi connectivity index (χ0) is 67.6. The van der Waals surface area contributed by atoms with E-state index in [-0.39, 0.29) is 65.4 Å². The number of nitrogens with zero attached hydrogens (tertiary/aromatic N) is 7. The van der Waals surface area contributed by atoms with Crippen molar-refractivity contribution in [3.05, 3.63) is 224 Å². The highest BCUT2D eigenvalue weighted by Crippen LogP contribution is 2.34. The van der Waals surface area contributed by atoms with E-state index in [2.05, 4.69) is 68.4 Å². The highest BCUT2D eigenvalue weighted by atomic mass is 35.5. The summed E-state index contributed by atoms with van der Waals surface area (Å²) in [5, 5.41) is 28.2. The van der Waals surface area contributed by atoms with Gasteiger partial charge < -0.3 is 37.6 Å². The number of rotatable bonds is 25. The minimum Gasteiger partial charge on any atom is -0.399 e. The van der Waals surface area contributed by atoms with Gasteiger partial charge in [0.25, 0.3) is 5.69 Å². The van der Waals surface area contributed by atoms with Gasteiger partial charge in [-0.05, 0) is 118 Å². The van der Waals surface area contributed by atoms with Crippen LogP contribution in [-0.4, -0.2) is 81.6 Å². The van der Waals surface area contributed by atoms with Crippen LogP contribution in [0.1, 0.15) is 63.8 Å². The van der Waals surface area contributed by atoms with Gasteiger partial charge in [0.2, 0.25) is 17.8 Å². The number of hydrogen-bond donors (Lipinski definition) is 7. The molecule has 0 radical (unpaired) electrons. The lowest BCUT2D eigenvalue weighted by molar-refractivity contribution is -0.384. The second kappa shape index (κ2) is 32.3. The van der Waals surface area contributed by atoms with E-state index in [9.17, 15) is 40.2 Å². The first-order chi connectivity index (χ1) is 44.1. The summed E-state index contributed by atoms with van der Waals surface area (Å²) >= 11 is 18.7. The highest BCUT2D eigenvalue weighted by Gasteiger charge is 2.26. The summed E-state index contributed by atoms with van der Waals surface area (Å²) in [7, 11) is -10.5. The zero-order valence-electron chi connectivity index (χ0n) is 51.2. The third-order valence-electron chi connectivity index (χ3n) is 13.5. The number of hydrogen-bond acceptors (Lipinski definition) is 22. The van der Waals surface area contributed by atoms with Gasteiger partial charge in [0.1, 0.15) is 15.1 Å². The summed E-state index contributed by atoms with van der Waals surface area (Å²) < 4.78 is 76.1. The van der Waals surface area contributed by atoms with E-state index in [0.717, 1.165) is 16.7 Å². The lowest BCUT2D eigenvalue weighted by Crippen LogP contribution is -2.15. The molecule has 9 aromatic rings. The number of allylic oxidation sites excluding steroid dienone is 1. The molecule has 6 aromatic carbocycles. The Kier molecular flexibility index (Phi) is 24.7. The number of aromatic nitrogens is 6. The Morgan fingerprint density at radius 2 is 0.839 bits per heavy atom. The lowest BCUT2D eigenvalue weighted by Gasteiger charge is -2.15. The third kappa shape index (κ3) is 19.6. The van der Waals surface area contributed by atoms with Crippen LogP contribution in [0.5, 0.6) is 0 Å². The summed E-state index contributed by atoms with van der Waals surface area (Å²) in [4.78, 5) is 48.2. The highest BCUT2D eigenvalue weighted by molar-refractivity contribution is 7.92. The SMILES string of the molecule is C=CC(=O)Cc1cccc(CNc2ncc(Cl)c(Nc3ccccc3S(=O)(=O)C(C)C)n2)c1.CC(C)S(=O)(=O)c1ccccc1Nc1nc(NCc2cccc(N)c2)ncc1Cl.CC(C)S(=O)(=O)c1ccccc1Nc1nc(NCc2cccc([N+](=O)[O-])c2)ncc1Cl. The van der Waals surface area contributed by atoms with E-state index in [1.165, 1.54) is 42.9 Å². The number of nitrogen functional groups attached to an aromatic ring is 1. The molecule has 3 aromatic heterocycles. The van der Waals surface area contributed by atoms with Crippen molar-refractivity contribution in [2.24, 2.45) is 0 Å². The number of sulfone groups is 3. The summed E-state index contributed by atoms with van der Waals surface area (Å²) in [6, 6.07) is 41.1. The van der Waals surface area contributed by atoms with Crippen molar-refractivity contribution in [1.29, 1.82) is 0 Å². The number of nitrogens with one attached hydrogen (secondary N) is 6. The van der Waals surface area contributed by atoms with E-state index >= 15 is 0 Å². The van der Waals surface area contributed by atoms with Crippen molar-refractivity contribution >= 4 is 134 Å². The van der Waals surface area contributed by atoms with Gasteiger partial charge in [0.15, 0.2) is 52.7 Å². The van der Waals surface area contributed by atoms with E-state index in [1.807, 2.05) is 48.5 Å². The van der Waals surface area contributed by atoms with Crippen LogP contribution in [0, 0.1) is 10.1 Å². The molecule has 9 rings (SSSR count). The summed E-state index contributed by atoms with van der Waals surface area (Å²) in [6.07, 6.45) is 5.88. The number of nitrogens with two attached hydrogens (primary N) is 1. The fourth-order valence-electron chi connectivity index (χ4n) is 8.37. The topological polar surface area (TPSA) is 338 Å². The van der Waals surface area contributed by atoms with Crippen LogP contribution in [0.4, 0.5) is 63.7 Å². The number of anilines is 10. The fraction of sp³-hybridized carbons (Fsp3) is 0.203. The number of nitro benzene ring substituents is 1. The molecule has 0 bridgehead atoms. The molecule has 8 N–H and O–H groups in total. The van der Waals surface area contributed by atoms with Crippen LogP contribution in [0.2, 0.25) is 15.1 Å². The Hall–Kier alpha value is -9.31. The first kappa shape index (κ1) is 71.1. The summed E-state index contributed by atoms with van der Waals surface area (Å²) in [6.45, 7) is 14.4. The molecule has 3 heterocycles. The standard InChI is InChI=1S/C24H25ClN4O3S.C20H20ClN5O4S.C20H22ClN5O2S/c1-4-19(30)13-17-8-7-9-18(12-17)14-26-24-27-15-20(25)23(29-24)28-21-10-5-6-11-22(21)33(31,32)16(2)3;1-13(2)31(29,30)18-9-4-3-8-17(18)24-19-16(21)12-23-20(25-19)22-11-14-6-5-7-15(10-14)26(27)28;1-13(2)29(27,28)18-9-4-3-8-17(18)25-19-16(21)12-24-20(26-19)23-11-14-6-5-7-15(22)10-14/h4-12,15-16H,1,13-14H2,2-3H3,(H2,26,27,28,29);3-10,12-13H,11H2,1-2H3,(H2,22,23,24,25);3-10,12-13H,11,22H2,1-2H3,(H2,23,24,25,26). The second-order valence-corrected chi connectivity index (χ2v) is 29.9. The molecule has 0 aliphatic heterocycles. The van der Waals surface area contributed by atoms with Gasteiger partial charge in [0, 0.05) is 43.9 Å². The Bertz CT molecular complexity index is 4510. The number of carbonyl (C=O) groups excluding carboxylic acids is 1. The van der Waals surface area contributed by atoms with E-state index in [0.29, 0.717) is 65.5 Å². The molecule has 0 unspecified atom stereocenters. The van der Waals surface area contributed by atoms with E-state index in [1.54, 1.807) is 120 Å². The maximum atomic E-state index is 12.7. The molecule has 93 heavy (non-hydrogen) atoms. The molecule has 486 valence electrons. The minimum atomic E-state index is -3.53. The van der Waals surface area contributed by atoms with Crippen molar-refractivity contribution < 1.29 is 35.0 Å². The van der Waals surface area contributed by atoms with Crippen molar-refractivity contribution in [1.82, 2.24) is 29.9 Å². The molecule has 0 atom stereocenters. The molecule has 0 fully saturated rings. The van der Waals surface area contributed by atoms with E-state index in [4.69, 9.17) is 40.5 Å². The number of halogens is 3. The average molecular weight is 1380 g/mol. The van der Waals surface area contributed by atoms with Crippen LogP contribution in [0.15, 0.2) is 192 Å². The van der Waals surface area contributed by atoms with Gasteiger partial charge in [-0.1, -0.05) is 126 Å². The first-order valence-corrected chi connectivity index (χ1v) is 34.3. The number of nitro groups is 1. The summed E-state index contributed by atoms with van der Waals surface area (Å²) in [5.74, 6) is 1.67. The monoisotopic (exact) mass is 1380 g/mol. The Balaban J connectivity index is 0.000000198. The van der Waals surface area contributed by atoms with Gasteiger partial charge in [-0.25, -0.2) is 40.2 Å². The van der Waals surface area contributed by atoms with Crippen LogP contribution in [-0.2, 0) is 60.4 Å². The zero-order valence-corrected chi connectivity index (χ0v) is 55.9. The molecular weight excluding hydrogens is 1310 g/mol. The van der Waals surface area contributed by atoms with Crippen molar-refractivity contribution in [3.8, 4) is 0 Å². The first-order valence-electron chi connectivity index (χ1n) is 28.6. The molecule has 0 spiro atoms. The largest absolute Gasteiger partial charge is 0.399 e. The fourth-order valence-corrected chi connectivity index (χ4v) is 12.4. The number of benzene rings is 6. The van der Waals surface area contributed by atoms with Crippen LogP contribution >= 0.6 is 34.8 Å². The van der Waals surface area contributed by atoms with Gasteiger partial charge in [0.05, 0.1) is 71.0 Å². The number of carbonyl (C=O) groups is 1. The molecule has 0 aliphatic carbocycles. The minimum absolute atomic E-state index is 0.0124. The Morgan fingerprint density at radius 3 is 1.19 bits per heavy atom. The molecule has 23 nitrogen and oxygen atoms in total. The molecule has 0 aliphatic rings. The predicted molar refractivity (Wildman–Crippen MR) is 369 cm³/mol. The van der Waals surface area contributed by atoms with Crippen molar-refractivity contribution in [2.75, 3.05) is 37.6 Å². The molecule has 29 heteroatoms. The van der Waals surface area contributed by atoms with Crippen molar-refractivity contribution in [3.63, 3.8) is 0 Å². The molecular formula is C64H67Cl3N14O9S3.